The average molecular weight is 259 g/mol. The van der Waals surface area contributed by atoms with Gasteiger partial charge in [0.25, 0.3) is 5.91 Å². The fraction of sp³-hybridized carbons (Fsp3) is 0.231. The van der Waals surface area contributed by atoms with Crippen LogP contribution in [0.1, 0.15) is 26.5 Å². The van der Waals surface area contributed by atoms with Gasteiger partial charge in [0.2, 0.25) is 0 Å². The van der Waals surface area contributed by atoms with Gasteiger partial charge in [-0.3, -0.25) is 4.79 Å². The minimum atomic E-state index is 0.0578. The molecule has 1 aromatic carbocycles. The van der Waals surface area contributed by atoms with E-state index in [0.29, 0.717) is 18.2 Å². The second-order valence-corrected chi connectivity index (χ2v) is 5.57. The van der Waals surface area contributed by atoms with Crippen molar-refractivity contribution < 1.29 is 4.79 Å². The lowest BCUT2D eigenvalue weighted by Gasteiger charge is -2.15. The predicted octanol–water partition coefficient (Wildman–Crippen LogP) is 2.19. The quantitative estimate of drug-likeness (QED) is 0.854. The summed E-state index contributed by atoms with van der Waals surface area (Å²) in [6.45, 7) is 3.17. The van der Waals surface area contributed by atoms with Crippen molar-refractivity contribution in [3.05, 3.63) is 46.0 Å². The highest BCUT2D eigenvalue weighted by Crippen LogP contribution is 2.30. The van der Waals surface area contributed by atoms with Gasteiger partial charge in [0.05, 0.1) is 23.7 Å². The first-order valence-electron chi connectivity index (χ1n) is 5.73. The van der Waals surface area contributed by atoms with E-state index < -0.39 is 0 Å². The Morgan fingerprint density at radius 2 is 2.28 bits per heavy atom. The minimum absolute atomic E-state index is 0.0578. The van der Waals surface area contributed by atoms with Crippen molar-refractivity contribution in [2.45, 2.75) is 20.0 Å². The van der Waals surface area contributed by atoms with Gasteiger partial charge in [0.1, 0.15) is 0 Å². The van der Waals surface area contributed by atoms with Crippen LogP contribution in [0.5, 0.6) is 0 Å². The Bertz CT molecular complexity index is 597. The molecule has 2 N–H and O–H groups in total. The zero-order valence-corrected chi connectivity index (χ0v) is 10.8. The largest absolute Gasteiger partial charge is 0.375 e. The zero-order valence-electron chi connectivity index (χ0n) is 10.0. The summed E-state index contributed by atoms with van der Waals surface area (Å²) in [4.78, 5) is 19.5. The SMILES string of the molecule is Cc1cccc(C(=O)N2Cc3nc(N)sc3C2)c1. The highest BCUT2D eigenvalue weighted by atomic mass is 32.1. The predicted molar refractivity (Wildman–Crippen MR) is 71.3 cm³/mol. The molecule has 3 rings (SSSR count). The molecule has 0 spiro atoms. The Labute approximate surface area is 109 Å². The van der Waals surface area contributed by atoms with Crippen LogP contribution >= 0.6 is 11.3 Å². The van der Waals surface area contributed by atoms with E-state index in [0.717, 1.165) is 21.7 Å². The molecule has 2 heterocycles. The molecule has 18 heavy (non-hydrogen) atoms. The summed E-state index contributed by atoms with van der Waals surface area (Å²) in [5, 5.41) is 0.586. The van der Waals surface area contributed by atoms with E-state index in [4.69, 9.17) is 5.73 Å². The van der Waals surface area contributed by atoms with Crippen molar-refractivity contribution in [3.8, 4) is 0 Å². The van der Waals surface area contributed by atoms with Gasteiger partial charge in [-0.15, -0.1) is 11.3 Å². The third-order valence-corrected chi connectivity index (χ3v) is 3.93. The Balaban J connectivity index is 1.82. The molecular weight excluding hydrogens is 246 g/mol. The summed E-state index contributed by atoms with van der Waals surface area (Å²) in [6, 6.07) is 7.66. The first-order valence-corrected chi connectivity index (χ1v) is 6.55. The number of hydrogen-bond donors (Lipinski definition) is 1. The molecule has 1 aliphatic rings. The fourth-order valence-electron chi connectivity index (χ4n) is 2.16. The third kappa shape index (κ3) is 1.86. The number of nitrogens with two attached hydrogens (primary N) is 1. The number of benzene rings is 1. The van der Waals surface area contributed by atoms with Gasteiger partial charge in [-0.25, -0.2) is 4.98 Å². The molecule has 0 unspecified atom stereocenters. The van der Waals surface area contributed by atoms with Crippen LogP contribution in [0.3, 0.4) is 0 Å². The highest BCUT2D eigenvalue weighted by molar-refractivity contribution is 7.15. The molecule has 2 aromatic rings. The van der Waals surface area contributed by atoms with Crippen molar-refractivity contribution in [2.75, 3.05) is 5.73 Å². The third-order valence-electron chi connectivity index (χ3n) is 3.02. The number of nitrogens with zero attached hydrogens (tertiary/aromatic N) is 2. The summed E-state index contributed by atoms with van der Waals surface area (Å²) in [5.74, 6) is 0.0578. The Morgan fingerprint density at radius 1 is 1.44 bits per heavy atom. The van der Waals surface area contributed by atoms with Crippen LogP contribution in [-0.2, 0) is 13.1 Å². The highest BCUT2D eigenvalue weighted by Gasteiger charge is 2.27. The van der Waals surface area contributed by atoms with E-state index in [1.807, 2.05) is 36.1 Å². The topological polar surface area (TPSA) is 59.2 Å². The molecule has 0 saturated heterocycles. The Kier molecular flexibility index (Phi) is 2.56. The van der Waals surface area contributed by atoms with Crippen molar-refractivity contribution in [1.82, 2.24) is 9.88 Å². The second kappa shape index (κ2) is 4.10. The normalized spacial score (nSPS) is 13.7. The number of aromatic nitrogens is 1. The molecule has 0 bridgehead atoms. The lowest BCUT2D eigenvalue weighted by atomic mass is 10.1. The van der Waals surface area contributed by atoms with Gasteiger partial charge in [0, 0.05) is 5.56 Å². The lowest BCUT2D eigenvalue weighted by molar-refractivity contribution is 0.0751. The first kappa shape index (κ1) is 11.2. The van der Waals surface area contributed by atoms with Crippen LogP contribution in [0.2, 0.25) is 0 Å². The molecule has 0 saturated carbocycles. The van der Waals surface area contributed by atoms with E-state index in [2.05, 4.69) is 4.98 Å². The van der Waals surface area contributed by atoms with E-state index in [9.17, 15) is 4.79 Å². The van der Waals surface area contributed by atoms with Crippen molar-refractivity contribution in [2.24, 2.45) is 0 Å². The van der Waals surface area contributed by atoms with E-state index in [1.54, 1.807) is 0 Å². The van der Waals surface area contributed by atoms with Crippen LogP contribution < -0.4 is 5.73 Å². The standard InChI is InChI=1S/C13H13N3OS/c1-8-3-2-4-9(5-8)12(17)16-6-10-11(7-16)18-13(14)15-10/h2-5H,6-7H2,1H3,(H2,14,15). The lowest BCUT2D eigenvalue weighted by Crippen LogP contribution is -2.25. The van der Waals surface area contributed by atoms with Crippen LogP contribution in [0.4, 0.5) is 5.13 Å². The van der Waals surface area contributed by atoms with Crippen LogP contribution in [0.25, 0.3) is 0 Å². The Morgan fingerprint density at radius 3 is 3.00 bits per heavy atom. The molecule has 1 aromatic heterocycles. The number of rotatable bonds is 1. The maximum absolute atomic E-state index is 12.3. The average Bonchev–Trinajstić information content (AvgIpc) is 2.85. The van der Waals surface area contributed by atoms with E-state index in [1.165, 1.54) is 11.3 Å². The number of carbonyl (C=O) groups is 1. The number of thiazole rings is 1. The summed E-state index contributed by atoms with van der Waals surface area (Å²) in [7, 11) is 0. The number of nitrogen functional groups attached to an aromatic ring is 1. The molecular formula is C13H13N3OS. The number of hydrogen-bond acceptors (Lipinski definition) is 4. The monoisotopic (exact) mass is 259 g/mol. The molecule has 0 radical (unpaired) electrons. The second-order valence-electron chi connectivity index (χ2n) is 4.45. The molecule has 5 heteroatoms. The van der Waals surface area contributed by atoms with E-state index >= 15 is 0 Å². The first-order chi connectivity index (χ1) is 8.63. The molecule has 4 nitrogen and oxygen atoms in total. The molecule has 1 amide bonds. The van der Waals surface area contributed by atoms with Gasteiger partial charge in [-0.2, -0.15) is 0 Å². The van der Waals surface area contributed by atoms with Gasteiger partial charge in [0.15, 0.2) is 5.13 Å². The maximum Gasteiger partial charge on any atom is 0.254 e. The zero-order chi connectivity index (χ0) is 12.7. The fourth-order valence-corrected chi connectivity index (χ4v) is 3.02. The number of aryl methyl sites for hydroxylation is 1. The van der Waals surface area contributed by atoms with Crippen LogP contribution in [0.15, 0.2) is 24.3 Å². The van der Waals surface area contributed by atoms with Crippen molar-refractivity contribution >= 4 is 22.4 Å². The smallest absolute Gasteiger partial charge is 0.254 e. The van der Waals surface area contributed by atoms with Gasteiger partial charge in [-0.05, 0) is 19.1 Å². The molecule has 0 aliphatic carbocycles. The molecule has 1 aliphatic heterocycles. The minimum Gasteiger partial charge on any atom is -0.375 e. The summed E-state index contributed by atoms with van der Waals surface area (Å²) >= 11 is 1.47. The number of anilines is 1. The summed E-state index contributed by atoms with van der Waals surface area (Å²) in [5.41, 5.74) is 8.42. The van der Waals surface area contributed by atoms with Gasteiger partial charge < -0.3 is 10.6 Å². The van der Waals surface area contributed by atoms with E-state index in [-0.39, 0.29) is 5.91 Å². The maximum atomic E-state index is 12.3. The molecule has 0 atom stereocenters. The molecule has 0 fully saturated rings. The number of carbonyl (C=O) groups excluding carboxylic acids is 1. The van der Waals surface area contributed by atoms with Gasteiger partial charge in [-0.1, -0.05) is 17.7 Å². The summed E-state index contributed by atoms with van der Waals surface area (Å²) in [6.07, 6.45) is 0. The summed E-state index contributed by atoms with van der Waals surface area (Å²) < 4.78 is 0. The number of fused-ring (bicyclic) bond motifs is 1. The Hall–Kier alpha value is -1.88. The molecule has 92 valence electrons. The van der Waals surface area contributed by atoms with Crippen LogP contribution in [-0.4, -0.2) is 15.8 Å². The van der Waals surface area contributed by atoms with Crippen molar-refractivity contribution in [3.63, 3.8) is 0 Å². The number of amides is 1. The van der Waals surface area contributed by atoms with Crippen molar-refractivity contribution in [1.29, 1.82) is 0 Å². The van der Waals surface area contributed by atoms with Gasteiger partial charge >= 0.3 is 0 Å². The van der Waals surface area contributed by atoms with Crippen LogP contribution in [0, 0.1) is 6.92 Å².